The Balaban J connectivity index is 2.54. The van der Waals surface area contributed by atoms with Crippen molar-refractivity contribution in [1.29, 1.82) is 0 Å². The van der Waals surface area contributed by atoms with Gasteiger partial charge in [0.05, 0.1) is 13.2 Å². The first-order valence-electron chi connectivity index (χ1n) is 4.46. The van der Waals surface area contributed by atoms with Crippen LogP contribution in [0.3, 0.4) is 0 Å². The van der Waals surface area contributed by atoms with Crippen molar-refractivity contribution in [2.75, 3.05) is 13.7 Å². The van der Waals surface area contributed by atoms with E-state index in [1.165, 1.54) is 7.11 Å². The van der Waals surface area contributed by atoms with E-state index in [0.717, 1.165) is 6.42 Å². The van der Waals surface area contributed by atoms with Crippen molar-refractivity contribution in [1.82, 2.24) is 10.6 Å². The third-order valence-corrected chi connectivity index (χ3v) is 2.21. The molecule has 0 radical (unpaired) electrons. The highest BCUT2D eigenvalue weighted by Crippen LogP contribution is 2.09. The van der Waals surface area contributed by atoms with Crippen molar-refractivity contribution < 1.29 is 19.4 Å². The molecule has 1 fully saturated rings. The van der Waals surface area contributed by atoms with Crippen LogP contribution in [0.1, 0.15) is 12.8 Å². The maximum atomic E-state index is 10.9. The van der Waals surface area contributed by atoms with Gasteiger partial charge in [0, 0.05) is 0 Å². The molecule has 14 heavy (non-hydrogen) atoms. The van der Waals surface area contributed by atoms with Crippen molar-refractivity contribution in [3.63, 3.8) is 0 Å². The van der Waals surface area contributed by atoms with Crippen LogP contribution in [-0.4, -0.2) is 42.9 Å². The van der Waals surface area contributed by atoms with E-state index in [1.54, 1.807) is 0 Å². The Morgan fingerprint density at radius 2 is 2.29 bits per heavy atom. The molecular formula is C8H14N2O4. The van der Waals surface area contributed by atoms with Crippen molar-refractivity contribution in [3.8, 4) is 0 Å². The summed E-state index contributed by atoms with van der Waals surface area (Å²) in [6.45, 7) is 0.663. The second-order valence-corrected chi connectivity index (χ2v) is 3.15. The molecule has 80 valence electrons. The normalized spacial score (nSPS) is 26.6. The highest BCUT2D eigenvalue weighted by atomic mass is 16.5. The van der Waals surface area contributed by atoms with E-state index in [0.29, 0.717) is 13.0 Å². The summed E-state index contributed by atoms with van der Waals surface area (Å²) in [7, 11) is 1.25. The Morgan fingerprint density at radius 1 is 1.57 bits per heavy atom. The zero-order valence-electron chi connectivity index (χ0n) is 7.95. The molecule has 6 heteroatoms. The lowest BCUT2D eigenvalue weighted by molar-refractivity contribution is -0.140. The fraction of sp³-hybridized carbons (Fsp3) is 0.750. The molecule has 1 saturated heterocycles. The molecule has 3 N–H and O–H groups in total. The molecule has 2 atom stereocenters. The Bertz CT molecular complexity index is 231. The van der Waals surface area contributed by atoms with Gasteiger partial charge >= 0.3 is 12.1 Å². The number of amides is 1. The highest BCUT2D eigenvalue weighted by Gasteiger charge is 2.31. The number of methoxy groups -OCH3 is 1. The number of piperidine rings is 1. The lowest BCUT2D eigenvalue weighted by Crippen LogP contribution is -2.57. The van der Waals surface area contributed by atoms with Crippen LogP contribution in [0.15, 0.2) is 0 Å². The largest absolute Gasteiger partial charge is 0.480 e. The molecule has 6 nitrogen and oxygen atoms in total. The van der Waals surface area contributed by atoms with Crippen LogP contribution in [0.5, 0.6) is 0 Å². The summed E-state index contributed by atoms with van der Waals surface area (Å²) in [6, 6.07) is -1.11. The van der Waals surface area contributed by atoms with Crippen molar-refractivity contribution in [2.45, 2.75) is 24.9 Å². The molecular weight excluding hydrogens is 188 g/mol. The Kier molecular flexibility index (Phi) is 3.70. The summed E-state index contributed by atoms with van der Waals surface area (Å²) in [6.07, 6.45) is 0.905. The highest BCUT2D eigenvalue weighted by molar-refractivity contribution is 5.76. The van der Waals surface area contributed by atoms with Crippen LogP contribution in [-0.2, 0) is 9.53 Å². The number of ether oxygens (including phenoxy) is 1. The summed E-state index contributed by atoms with van der Waals surface area (Å²) in [5.74, 6) is -0.953. The molecule has 1 aliphatic rings. The first-order chi connectivity index (χ1) is 6.65. The molecule has 0 saturated carbocycles. The van der Waals surface area contributed by atoms with Gasteiger partial charge in [0.25, 0.3) is 0 Å². The summed E-state index contributed by atoms with van der Waals surface area (Å²) < 4.78 is 4.41. The minimum absolute atomic E-state index is 0.395. The summed E-state index contributed by atoms with van der Waals surface area (Å²) in [5, 5.41) is 14.2. The number of rotatable bonds is 2. The van der Waals surface area contributed by atoms with E-state index in [4.69, 9.17) is 5.11 Å². The number of aliphatic carboxylic acids is 1. The topological polar surface area (TPSA) is 87.7 Å². The second-order valence-electron chi connectivity index (χ2n) is 3.15. The Hall–Kier alpha value is -1.30. The van der Waals surface area contributed by atoms with Gasteiger partial charge in [-0.3, -0.25) is 4.79 Å². The molecule has 1 heterocycles. The number of carboxylic acid groups (broad SMARTS) is 1. The molecule has 1 amide bonds. The average Bonchev–Trinajstić information content (AvgIpc) is 2.18. The average molecular weight is 202 g/mol. The first kappa shape index (κ1) is 10.8. The lowest BCUT2D eigenvalue weighted by Gasteiger charge is -2.29. The van der Waals surface area contributed by atoms with Crippen LogP contribution in [0.4, 0.5) is 4.79 Å². The van der Waals surface area contributed by atoms with Crippen molar-refractivity contribution in [2.24, 2.45) is 0 Å². The molecule has 1 rings (SSSR count). The van der Waals surface area contributed by atoms with Gasteiger partial charge in [0.1, 0.15) is 6.04 Å². The molecule has 0 spiro atoms. The number of carboxylic acids is 1. The predicted molar refractivity (Wildman–Crippen MR) is 48.0 cm³/mol. The van der Waals surface area contributed by atoms with Crippen LogP contribution in [0, 0.1) is 0 Å². The third-order valence-electron chi connectivity index (χ3n) is 2.21. The Morgan fingerprint density at radius 3 is 2.86 bits per heavy atom. The Labute approximate surface area is 81.6 Å². The van der Waals surface area contributed by atoms with E-state index in [2.05, 4.69) is 15.4 Å². The van der Waals surface area contributed by atoms with Gasteiger partial charge in [-0.15, -0.1) is 0 Å². The SMILES string of the molecule is COC(=O)N[C@@H]1CCCN[C@@H]1C(=O)O. The number of alkyl carbamates (subject to hydrolysis) is 1. The molecule has 1 aliphatic heterocycles. The van der Waals surface area contributed by atoms with E-state index < -0.39 is 24.1 Å². The van der Waals surface area contributed by atoms with Gasteiger partial charge in [-0.05, 0) is 19.4 Å². The minimum atomic E-state index is -0.953. The zero-order valence-corrected chi connectivity index (χ0v) is 7.95. The number of hydrogen-bond donors (Lipinski definition) is 3. The zero-order chi connectivity index (χ0) is 10.6. The molecule has 0 bridgehead atoms. The van der Waals surface area contributed by atoms with Gasteiger partial charge in [-0.25, -0.2) is 4.79 Å². The molecule has 0 aromatic rings. The van der Waals surface area contributed by atoms with Crippen molar-refractivity contribution in [3.05, 3.63) is 0 Å². The number of nitrogens with one attached hydrogen (secondary N) is 2. The number of carbonyl (C=O) groups excluding carboxylic acids is 1. The van der Waals surface area contributed by atoms with Crippen LogP contribution < -0.4 is 10.6 Å². The summed E-state index contributed by atoms with van der Waals surface area (Å²) >= 11 is 0. The maximum Gasteiger partial charge on any atom is 0.407 e. The fourth-order valence-corrected chi connectivity index (χ4v) is 1.51. The quantitative estimate of drug-likeness (QED) is 0.564. The molecule has 0 aromatic heterocycles. The standard InChI is InChI=1S/C8H14N2O4/c1-14-8(13)10-5-3-2-4-9-6(5)7(11)12/h5-6,9H,2-4H2,1H3,(H,10,13)(H,11,12)/t5-,6+/m1/s1. The van der Waals surface area contributed by atoms with Gasteiger partial charge in [-0.1, -0.05) is 0 Å². The maximum absolute atomic E-state index is 10.9. The smallest absolute Gasteiger partial charge is 0.407 e. The third kappa shape index (κ3) is 2.59. The number of carbonyl (C=O) groups is 2. The molecule has 0 aromatic carbocycles. The minimum Gasteiger partial charge on any atom is -0.480 e. The van der Waals surface area contributed by atoms with Gasteiger partial charge in [0.2, 0.25) is 0 Å². The number of hydrogen-bond acceptors (Lipinski definition) is 4. The van der Waals surface area contributed by atoms with Crippen molar-refractivity contribution >= 4 is 12.1 Å². The van der Waals surface area contributed by atoms with E-state index in [1.807, 2.05) is 0 Å². The van der Waals surface area contributed by atoms with E-state index in [-0.39, 0.29) is 0 Å². The van der Waals surface area contributed by atoms with Crippen LogP contribution >= 0.6 is 0 Å². The molecule has 0 aliphatic carbocycles. The summed E-state index contributed by atoms with van der Waals surface area (Å²) in [4.78, 5) is 21.7. The second kappa shape index (κ2) is 4.80. The first-order valence-corrected chi connectivity index (χ1v) is 4.46. The molecule has 0 unspecified atom stereocenters. The monoisotopic (exact) mass is 202 g/mol. The predicted octanol–water partition coefficient (Wildman–Crippen LogP) is -0.452. The van der Waals surface area contributed by atoms with Gasteiger partial charge < -0.3 is 20.5 Å². The van der Waals surface area contributed by atoms with Gasteiger partial charge in [0.15, 0.2) is 0 Å². The fourth-order valence-electron chi connectivity index (χ4n) is 1.51. The van der Waals surface area contributed by atoms with Crippen LogP contribution in [0.2, 0.25) is 0 Å². The van der Waals surface area contributed by atoms with Crippen LogP contribution in [0.25, 0.3) is 0 Å². The summed E-state index contributed by atoms with van der Waals surface area (Å²) in [5.41, 5.74) is 0. The van der Waals surface area contributed by atoms with E-state index in [9.17, 15) is 9.59 Å². The van der Waals surface area contributed by atoms with Gasteiger partial charge in [-0.2, -0.15) is 0 Å². The van der Waals surface area contributed by atoms with E-state index >= 15 is 0 Å². The lowest BCUT2D eigenvalue weighted by atomic mass is 9.99.